The van der Waals surface area contributed by atoms with Gasteiger partial charge in [-0.15, -0.1) is 11.6 Å². The number of ketones is 2. The van der Waals surface area contributed by atoms with Crippen molar-refractivity contribution in [1.29, 1.82) is 0 Å². The highest BCUT2D eigenvalue weighted by atomic mass is 35.5. The number of allylic oxidation sites excluding steroid dienone is 4. The van der Waals surface area contributed by atoms with Crippen LogP contribution in [0.3, 0.4) is 0 Å². The Morgan fingerprint density at radius 3 is 2.56 bits per heavy atom. The molecule has 0 unspecified atom stereocenters. The molecule has 8 heteroatoms. The summed E-state index contributed by atoms with van der Waals surface area (Å²) in [5.41, 5.74) is -6.26. The Bertz CT molecular complexity index is 962. The Morgan fingerprint density at radius 1 is 1.31 bits per heavy atom. The molecule has 32 heavy (non-hydrogen) atoms. The number of halogens is 3. The van der Waals surface area contributed by atoms with Crippen molar-refractivity contribution in [2.24, 2.45) is 28.6 Å². The summed E-state index contributed by atoms with van der Waals surface area (Å²) >= 11 is 5.94. The fraction of sp³-hybridized carbons (Fsp3) is 0.708. The molecule has 0 aliphatic heterocycles. The van der Waals surface area contributed by atoms with Crippen LogP contribution in [0.5, 0.6) is 0 Å². The van der Waals surface area contributed by atoms with Crippen molar-refractivity contribution in [3.63, 3.8) is 0 Å². The van der Waals surface area contributed by atoms with Crippen molar-refractivity contribution in [3.05, 3.63) is 23.6 Å². The second-order valence-electron chi connectivity index (χ2n) is 10.4. The number of rotatable bonds is 3. The molecule has 8 atom stereocenters. The summed E-state index contributed by atoms with van der Waals surface area (Å²) in [6.45, 7) is 6.31. The zero-order valence-electron chi connectivity index (χ0n) is 18.7. The average Bonchev–Trinajstić information content (AvgIpc) is 2.93. The van der Waals surface area contributed by atoms with Crippen LogP contribution in [-0.2, 0) is 19.1 Å². The molecule has 0 radical (unpaired) electrons. The number of ether oxygens (including phenoxy) is 1. The molecule has 5 nitrogen and oxygen atoms in total. The summed E-state index contributed by atoms with van der Waals surface area (Å²) in [5.74, 6) is -4.77. The highest BCUT2D eigenvalue weighted by Gasteiger charge is 2.77. The zero-order valence-corrected chi connectivity index (χ0v) is 19.5. The number of fused-ring (bicyclic) bond motifs is 5. The SMILES string of the molecule is CC(=O)O[C@]1(C(=O)CCl)[C@H](C)C[C@H]2[C@@H]3CCC4=C(F)C(=O)C=C[C@]4(C)[C@@]3(F)[C@@H](O)C[C@@]21C. The number of Topliss-reactive ketones (excluding diaryl/α,β-unsaturated/α-hetero) is 1. The molecule has 0 amide bonds. The van der Waals surface area contributed by atoms with Crippen LogP contribution >= 0.6 is 11.6 Å². The van der Waals surface area contributed by atoms with Crippen molar-refractivity contribution in [1.82, 2.24) is 0 Å². The van der Waals surface area contributed by atoms with Crippen LogP contribution < -0.4 is 0 Å². The van der Waals surface area contributed by atoms with Crippen molar-refractivity contribution in [2.75, 3.05) is 5.88 Å². The Labute approximate surface area is 191 Å². The maximum absolute atomic E-state index is 17.1. The minimum absolute atomic E-state index is 0.0838. The first-order valence-corrected chi connectivity index (χ1v) is 11.6. The molecule has 0 aromatic carbocycles. The van der Waals surface area contributed by atoms with E-state index in [2.05, 4.69) is 0 Å². The summed E-state index contributed by atoms with van der Waals surface area (Å²) in [5, 5.41) is 11.3. The summed E-state index contributed by atoms with van der Waals surface area (Å²) < 4.78 is 37.6. The lowest BCUT2D eigenvalue weighted by Gasteiger charge is -2.62. The predicted molar refractivity (Wildman–Crippen MR) is 113 cm³/mol. The van der Waals surface area contributed by atoms with Gasteiger partial charge in [0.25, 0.3) is 0 Å². The molecule has 4 aliphatic rings. The first-order valence-electron chi connectivity index (χ1n) is 11.1. The third-order valence-corrected chi connectivity index (χ3v) is 9.36. The number of alkyl halides is 2. The van der Waals surface area contributed by atoms with Gasteiger partial charge in [0.05, 0.1) is 12.0 Å². The summed E-state index contributed by atoms with van der Waals surface area (Å²) in [4.78, 5) is 37.2. The van der Waals surface area contributed by atoms with E-state index in [0.717, 1.165) is 6.08 Å². The second kappa shape index (κ2) is 7.20. The highest BCUT2D eigenvalue weighted by molar-refractivity contribution is 6.29. The largest absolute Gasteiger partial charge is 0.450 e. The third-order valence-electron chi connectivity index (χ3n) is 9.11. The summed E-state index contributed by atoms with van der Waals surface area (Å²) in [6, 6.07) is 0. The molecule has 0 heterocycles. The first kappa shape index (κ1) is 23.6. The number of carbonyl (C=O) groups excluding carboxylic acids is 3. The average molecular weight is 471 g/mol. The van der Waals surface area contributed by atoms with Gasteiger partial charge in [0.15, 0.2) is 22.9 Å². The van der Waals surface area contributed by atoms with Gasteiger partial charge in [-0.1, -0.05) is 19.9 Å². The number of hydrogen-bond donors (Lipinski definition) is 1. The summed E-state index contributed by atoms with van der Waals surface area (Å²) in [7, 11) is 0. The maximum Gasteiger partial charge on any atom is 0.303 e. The van der Waals surface area contributed by atoms with Crippen LogP contribution in [-0.4, -0.2) is 45.9 Å². The van der Waals surface area contributed by atoms with Crippen molar-refractivity contribution in [3.8, 4) is 0 Å². The van der Waals surface area contributed by atoms with E-state index >= 15 is 4.39 Å². The fourth-order valence-electron chi connectivity index (χ4n) is 7.80. The van der Waals surface area contributed by atoms with E-state index in [9.17, 15) is 23.9 Å². The molecule has 0 aromatic heterocycles. The highest BCUT2D eigenvalue weighted by Crippen LogP contribution is 2.71. The molecule has 0 aromatic rings. The predicted octanol–water partition coefficient (Wildman–Crippen LogP) is 4.01. The number of carbonyl (C=O) groups is 3. The number of aliphatic hydroxyl groups is 1. The van der Waals surface area contributed by atoms with E-state index < -0.39 is 69.3 Å². The van der Waals surface area contributed by atoms with Crippen molar-refractivity contribution >= 4 is 29.1 Å². The lowest BCUT2D eigenvalue weighted by atomic mass is 9.44. The van der Waals surface area contributed by atoms with Crippen LogP contribution in [0.2, 0.25) is 0 Å². The quantitative estimate of drug-likeness (QED) is 0.498. The molecule has 0 spiro atoms. The Balaban J connectivity index is 1.88. The van der Waals surface area contributed by atoms with Crippen LogP contribution in [0.25, 0.3) is 0 Å². The molecule has 4 rings (SSSR count). The van der Waals surface area contributed by atoms with Crippen LogP contribution in [0.4, 0.5) is 8.78 Å². The molecule has 3 fully saturated rings. The molecule has 0 bridgehead atoms. The van der Waals surface area contributed by atoms with Crippen molar-refractivity contribution < 1.29 is 33.0 Å². The lowest BCUT2D eigenvalue weighted by molar-refractivity contribution is -0.226. The van der Waals surface area contributed by atoms with Gasteiger partial charge in [-0.2, -0.15) is 0 Å². The minimum Gasteiger partial charge on any atom is -0.450 e. The van der Waals surface area contributed by atoms with E-state index in [0.29, 0.717) is 6.42 Å². The molecular weight excluding hydrogens is 442 g/mol. The zero-order chi connectivity index (χ0) is 23.9. The second-order valence-corrected chi connectivity index (χ2v) is 10.6. The van der Waals surface area contributed by atoms with E-state index in [-0.39, 0.29) is 30.7 Å². The third kappa shape index (κ3) is 2.55. The van der Waals surface area contributed by atoms with E-state index in [1.807, 2.05) is 0 Å². The van der Waals surface area contributed by atoms with E-state index in [1.165, 1.54) is 19.9 Å². The van der Waals surface area contributed by atoms with Gasteiger partial charge < -0.3 is 9.84 Å². The van der Waals surface area contributed by atoms with Crippen LogP contribution in [0, 0.1) is 28.6 Å². The Kier molecular flexibility index (Phi) is 5.30. The minimum atomic E-state index is -2.24. The molecule has 4 aliphatic carbocycles. The summed E-state index contributed by atoms with van der Waals surface area (Å²) in [6.07, 6.45) is 1.49. The Hall–Kier alpha value is -1.60. The smallest absolute Gasteiger partial charge is 0.303 e. The monoisotopic (exact) mass is 470 g/mol. The van der Waals surface area contributed by atoms with E-state index in [4.69, 9.17) is 16.3 Å². The van der Waals surface area contributed by atoms with Crippen LogP contribution in [0.15, 0.2) is 23.6 Å². The lowest BCUT2D eigenvalue weighted by Crippen LogP contribution is -2.70. The van der Waals surface area contributed by atoms with Crippen LogP contribution in [0.1, 0.15) is 53.4 Å². The maximum atomic E-state index is 17.1. The number of esters is 1. The van der Waals surface area contributed by atoms with Gasteiger partial charge in [-0.05, 0) is 50.2 Å². The van der Waals surface area contributed by atoms with Crippen molar-refractivity contribution in [2.45, 2.75) is 70.8 Å². The van der Waals surface area contributed by atoms with Gasteiger partial charge >= 0.3 is 5.97 Å². The van der Waals surface area contributed by atoms with Gasteiger partial charge in [-0.25, -0.2) is 8.78 Å². The topological polar surface area (TPSA) is 80.7 Å². The Morgan fingerprint density at radius 2 is 1.97 bits per heavy atom. The van der Waals surface area contributed by atoms with Gasteiger partial charge in [0, 0.05) is 29.6 Å². The van der Waals surface area contributed by atoms with Gasteiger partial charge in [0.1, 0.15) is 0 Å². The number of aliphatic hydroxyl groups excluding tert-OH is 1. The molecule has 1 N–H and O–H groups in total. The molecule has 0 saturated heterocycles. The number of hydrogen-bond acceptors (Lipinski definition) is 5. The van der Waals surface area contributed by atoms with Gasteiger partial charge in [0.2, 0.25) is 5.78 Å². The standard InChI is InChI=1S/C24H29ClF2O5/c1-12-9-16-14-5-6-15-20(26)17(29)7-8-21(15,3)23(14,27)18(30)10-22(16,4)24(12,19(31)11-25)32-13(2)28/h7-8,12,14,16,18,30H,5-6,9-11H2,1-4H3/t12-,14+,16+,18+,21+,22+,23+,24+/m1/s1. The first-order chi connectivity index (χ1) is 14.8. The normalized spacial score (nSPS) is 47.6. The fourth-order valence-corrected chi connectivity index (χ4v) is 8.00. The molecule has 3 saturated carbocycles. The van der Waals surface area contributed by atoms with E-state index in [1.54, 1.807) is 13.8 Å². The molecular formula is C24H29ClF2O5. The van der Waals surface area contributed by atoms with Gasteiger partial charge in [-0.3, -0.25) is 14.4 Å². The molecule has 176 valence electrons.